The highest BCUT2D eigenvalue weighted by molar-refractivity contribution is 6.10. The summed E-state index contributed by atoms with van der Waals surface area (Å²) in [6.07, 6.45) is 0. The number of esters is 1. The van der Waals surface area contributed by atoms with Gasteiger partial charge in [-0.05, 0) is 37.3 Å². The Morgan fingerprint density at radius 2 is 1.70 bits per heavy atom. The Balaban J connectivity index is 1.64. The molecular weight excluding hydrogens is 348 g/mol. The van der Waals surface area contributed by atoms with Crippen LogP contribution in [0.1, 0.15) is 26.4 Å². The molecule has 0 fully saturated rings. The summed E-state index contributed by atoms with van der Waals surface area (Å²) < 4.78 is 10.3. The predicted molar refractivity (Wildman–Crippen MR) is 98.8 cm³/mol. The fraction of sp³-hybridized carbons (Fsp3) is 0.150. The van der Waals surface area contributed by atoms with Gasteiger partial charge in [-0.15, -0.1) is 0 Å². The van der Waals surface area contributed by atoms with Crippen molar-refractivity contribution in [2.24, 2.45) is 5.73 Å². The molecule has 3 aromatic rings. The van der Waals surface area contributed by atoms with Gasteiger partial charge in [-0.25, -0.2) is 4.79 Å². The number of ether oxygens (including phenoxy) is 2. The number of aromatic nitrogens is 1. The van der Waals surface area contributed by atoms with Gasteiger partial charge in [0.1, 0.15) is 5.75 Å². The number of aryl methyl sites for hydroxylation is 1. The van der Waals surface area contributed by atoms with E-state index in [9.17, 15) is 14.4 Å². The molecule has 0 aliphatic heterocycles. The summed E-state index contributed by atoms with van der Waals surface area (Å²) in [7, 11) is 0. The number of carbonyl (C=O) groups is 3. The van der Waals surface area contributed by atoms with Crippen molar-refractivity contribution in [2.45, 2.75) is 6.92 Å². The van der Waals surface area contributed by atoms with Gasteiger partial charge in [0.05, 0.1) is 5.56 Å². The summed E-state index contributed by atoms with van der Waals surface area (Å²) in [5.74, 6) is -1.09. The SMILES string of the molecule is Cc1[nH]c2ccccc2c1C(=O)COC(=O)c1ccc(OCC(N)=O)cc1. The standard InChI is InChI=1S/C20H18N2O5/c1-12-19(15-4-2-3-5-16(15)22-12)17(23)10-27-20(25)13-6-8-14(9-7-13)26-11-18(21)24/h2-9,22H,10-11H2,1H3,(H2,21,24). The number of primary amides is 1. The molecule has 0 atom stereocenters. The molecule has 0 spiro atoms. The van der Waals surface area contributed by atoms with Crippen molar-refractivity contribution in [3.05, 3.63) is 65.4 Å². The number of Topliss-reactive ketones (excluding diaryl/α,β-unsaturated/α-hetero) is 1. The van der Waals surface area contributed by atoms with E-state index in [4.69, 9.17) is 15.2 Å². The second kappa shape index (κ2) is 7.74. The molecule has 0 aliphatic carbocycles. The Kier molecular flexibility index (Phi) is 5.21. The first kappa shape index (κ1) is 18.2. The second-order valence-electron chi connectivity index (χ2n) is 5.95. The average Bonchev–Trinajstić information content (AvgIpc) is 3.00. The molecule has 1 aromatic heterocycles. The molecule has 3 rings (SSSR count). The van der Waals surface area contributed by atoms with Crippen LogP contribution in [0.15, 0.2) is 48.5 Å². The van der Waals surface area contributed by atoms with Gasteiger partial charge in [0.2, 0.25) is 5.78 Å². The number of aromatic amines is 1. The lowest BCUT2D eigenvalue weighted by atomic mass is 10.1. The summed E-state index contributed by atoms with van der Waals surface area (Å²) in [5, 5.41) is 0.798. The largest absolute Gasteiger partial charge is 0.484 e. The fourth-order valence-corrected chi connectivity index (χ4v) is 2.76. The number of nitrogens with two attached hydrogens (primary N) is 1. The molecule has 0 aliphatic rings. The number of hydrogen-bond acceptors (Lipinski definition) is 5. The Labute approximate surface area is 155 Å². The van der Waals surface area contributed by atoms with E-state index in [0.29, 0.717) is 11.3 Å². The number of benzene rings is 2. The van der Waals surface area contributed by atoms with E-state index in [-0.39, 0.29) is 24.6 Å². The molecule has 7 heteroatoms. The van der Waals surface area contributed by atoms with Gasteiger partial charge in [-0.3, -0.25) is 9.59 Å². The maximum Gasteiger partial charge on any atom is 0.338 e. The van der Waals surface area contributed by atoms with E-state index in [1.165, 1.54) is 24.3 Å². The third-order valence-corrected chi connectivity index (χ3v) is 3.98. The zero-order valence-electron chi connectivity index (χ0n) is 14.7. The van der Waals surface area contributed by atoms with E-state index in [2.05, 4.69) is 4.98 Å². The quantitative estimate of drug-likeness (QED) is 0.492. The normalized spacial score (nSPS) is 10.6. The highest BCUT2D eigenvalue weighted by atomic mass is 16.5. The van der Waals surface area contributed by atoms with Crippen LogP contribution >= 0.6 is 0 Å². The Bertz CT molecular complexity index is 1000. The van der Waals surface area contributed by atoms with E-state index in [0.717, 1.165) is 16.6 Å². The van der Waals surface area contributed by atoms with Gasteiger partial charge in [-0.2, -0.15) is 0 Å². The molecule has 3 N–H and O–H groups in total. The number of rotatable bonds is 7. The summed E-state index contributed by atoms with van der Waals surface area (Å²) in [6, 6.07) is 13.5. The Hall–Kier alpha value is -3.61. The molecule has 0 radical (unpaired) electrons. The lowest BCUT2D eigenvalue weighted by Crippen LogP contribution is -2.20. The highest BCUT2D eigenvalue weighted by Gasteiger charge is 2.18. The first-order valence-corrected chi connectivity index (χ1v) is 8.24. The van der Waals surface area contributed by atoms with Crippen LogP contribution < -0.4 is 10.5 Å². The zero-order chi connectivity index (χ0) is 19.4. The van der Waals surface area contributed by atoms with Crippen LogP contribution in [0.2, 0.25) is 0 Å². The van der Waals surface area contributed by atoms with Gasteiger partial charge >= 0.3 is 5.97 Å². The first-order valence-electron chi connectivity index (χ1n) is 8.24. The molecule has 27 heavy (non-hydrogen) atoms. The lowest BCUT2D eigenvalue weighted by molar-refractivity contribution is -0.119. The average molecular weight is 366 g/mol. The van der Waals surface area contributed by atoms with Gasteiger partial charge < -0.3 is 20.2 Å². The maximum atomic E-state index is 12.5. The fourth-order valence-electron chi connectivity index (χ4n) is 2.76. The molecular formula is C20H18N2O5. The van der Waals surface area contributed by atoms with E-state index < -0.39 is 11.9 Å². The lowest BCUT2D eigenvalue weighted by Gasteiger charge is -2.06. The monoisotopic (exact) mass is 366 g/mol. The molecule has 0 saturated carbocycles. The highest BCUT2D eigenvalue weighted by Crippen LogP contribution is 2.22. The van der Waals surface area contributed by atoms with Crippen molar-refractivity contribution in [1.29, 1.82) is 0 Å². The van der Waals surface area contributed by atoms with Crippen LogP contribution in [0.3, 0.4) is 0 Å². The van der Waals surface area contributed by atoms with E-state index >= 15 is 0 Å². The van der Waals surface area contributed by atoms with Crippen molar-refractivity contribution in [2.75, 3.05) is 13.2 Å². The summed E-state index contributed by atoms with van der Waals surface area (Å²) in [6.45, 7) is 1.20. The number of ketones is 1. The van der Waals surface area contributed by atoms with Crippen molar-refractivity contribution >= 4 is 28.6 Å². The number of amides is 1. The minimum Gasteiger partial charge on any atom is -0.484 e. The first-order chi connectivity index (χ1) is 13.0. The van der Waals surface area contributed by atoms with Gasteiger partial charge in [0.15, 0.2) is 13.2 Å². The number of fused-ring (bicyclic) bond motifs is 1. The van der Waals surface area contributed by atoms with Crippen LogP contribution in [0.25, 0.3) is 10.9 Å². The topological polar surface area (TPSA) is 111 Å². The third-order valence-electron chi connectivity index (χ3n) is 3.98. The minimum absolute atomic E-state index is 0.248. The number of nitrogens with one attached hydrogen (secondary N) is 1. The molecule has 1 amide bonds. The van der Waals surface area contributed by atoms with Crippen molar-refractivity contribution in [1.82, 2.24) is 4.98 Å². The van der Waals surface area contributed by atoms with Crippen LogP contribution in [0.4, 0.5) is 0 Å². The Morgan fingerprint density at radius 1 is 1.00 bits per heavy atom. The third kappa shape index (κ3) is 4.14. The maximum absolute atomic E-state index is 12.5. The second-order valence-corrected chi connectivity index (χ2v) is 5.95. The zero-order valence-corrected chi connectivity index (χ0v) is 14.7. The van der Waals surface area contributed by atoms with Gasteiger partial charge in [0.25, 0.3) is 5.91 Å². The van der Waals surface area contributed by atoms with Crippen molar-refractivity contribution in [3.8, 4) is 5.75 Å². The summed E-state index contributed by atoms with van der Waals surface area (Å²) >= 11 is 0. The smallest absolute Gasteiger partial charge is 0.338 e. The molecule has 138 valence electrons. The summed E-state index contributed by atoms with van der Waals surface area (Å²) in [4.78, 5) is 38.5. The van der Waals surface area contributed by atoms with Crippen LogP contribution in [-0.4, -0.2) is 35.9 Å². The van der Waals surface area contributed by atoms with Crippen molar-refractivity contribution < 1.29 is 23.9 Å². The van der Waals surface area contributed by atoms with E-state index in [1.807, 2.05) is 24.3 Å². The number of para-hydroxylation sites is 1. The predicted octanol–water partition coefficient (Wildman–Crippen LogP) is 2.38. The molecule has 7 nitrogen and oxygen atoms in total. The summed E-state index contributed by atoms with van der Waals surface area (Å²) in [5.41, 5.74) is 7.38. The number of carbonyl (C=O) groups excluding carboxylic acids is 3. The van der Waals surface area contributed by atoms with Crippen molar-refractivity contribution in [3.63, 3.8) is 0 Å². The van der Waals surface area contributed by atoms with Crippen LogP contribution in [-0.2, 0) is 9.53 Å². The number of hydrogen-bond donors (Lipinski definition) is 2. The Morgan fingerprint density at radius 3 is 2.41 bits per heavy atom. The molecule has 0 unspecified atom stereocenters. The van der Waals surface area contributed by atoms with Gasteiger partial charge in [0, 0.05) is 22.2 Å². The van der Waals surface area contributed by atoms with Crippen LogP contribution in [0.5, 0.6) is 5.75 Å². The molecule has 0 bridgehead atoms. The minimum atomic E-state index is -0.623. The molecule has 1 heterocycles. The van der Waals surface area contributed by atoms with Gasteiger partial charge in [-0.1, -0.05) is 18.2 Å². The van der Waals surface area contributed by atoms with Crippen LogP contribution in [0, 0.1) is 6.92 Å². The molecule has 0 saturated heterocycles. The van der Waals surface area contributed by atoms with E-state index in [1.54, 1.807) is 6.92 Å². The number of H-pyrrole nitrogens is 1. The molecule has 2 aromatic carbocycles.